The van der Waals surface area contributed by atoms with Crippen LogP contribution in [0.15, 0.2) is 18.2 Å². The van der Waals surface area contributed by atoms with Gasteiger partial charge in [-0.2, -0.15) is 13.2 Å². The summed E-state index contributed by atoms with van der Waals surface area (Å²) in [6, 6.07) is 2.34. The fraction of sp³-hybridized carbons (Fsp3) is 0.462. The van der Waals surface area contributed by atoms with Crippen molar-refractivity contribution in [2.75, 3.05) is 13.1 Å². The maximum absolute atomic E-state index is 12.8. The van der Waals surface area contributed by atoms with Gasteiger partial charge in [-0.25, -0.2) is 0 Å². The van der Waals surface area contributed by atoms with Crippen molar-refractivity contribution in [1.82, 2.24) is 4.90 Å². The molecule has 1 atom stereocenters. The van der Waals surface area contributed by atoms with Gasteiger partial charge in [-0.05, 0) is 12.8 Å². The number of piperidine rings is 1. The third kappa shape index (κ3) is 3.78. The Bertz CT molecular complexity index is 660. The van der Waals surface area contributed by atoms with Crippen LogP contribution in [0, 0.1) is 26.1 Å². The number of rotatable bonds is 3. The summed E-state index contributed by atoms with van der Waals surface area (Å²) in [4.78, 5) is 33.1. The van der Waals surface area contributed by atoms with E-state index < -0.39 is 45.8 Å². The largest absolute Gasteiger partial charge is 0.393 e. The van der Waals surface area contributed by atoms with Gasteiger partial charge in [0, 0.05) is 25.2 Å². The van der Waals surface area contributed by atoms with Gasteiger partial charge in [-0.1, -0.05) is 0 Å². The van der Waals surface area contributed by atoms with Crippen molar-refractivity contribution in [2.45, 2.75) is 19.0 Å². The van der Waals surface area contributed by atoms with Gasteiger partial charge in [-0.15, -0.1) is 0 Å². The maximum Gasteiger partial charge on any atom is 0.393 e. The lowest BCUT2D eigenvalue weighted by atomic mass is 9.97. The van der Waals surface area contributed by atoms with Crippen molar-refractivity contribution >= 4 is 17.3 Å². The number of nitro benzene ring substituents is 2. The zero-order chi connectivity index (χ0) is 18.1. The smallest absolute Gasteiger partial charge is 0.338 e. The van der Waals surface area contributed by atoms with Crippen molar-refractivity contribution in [2.24, 2.45) is 5.92 Å². The topological polar surface area (TPSA) is 107 Å². The quantitative estimate of drug-likeness (QED) is 0.617. The second-order valence-corrected chi connectivity index (χ2v) is 5.38. The number of carbonyl (C=O) groups is 1. The van der Waals surface area contributed by atoms with Crippen molar-refractivity contribution in [3.8, 4) is 0 Å². The van der Waals surface area contributed by atoms with Gasteiger partial charge in [0.1, 0.15) is 0 Å². The van der Waals surface area contributed by atoms with Crippen LogP contribution in [0.5, 0.6) is 0 Å². The van der Waals surface area contributed by atoms with Crippen molar-refractivity contribution in [3.63, 3.8) is 0 Å². The first-order valence-electron chi connectivity index (χ1n) is 6.89. The van der Waals surface area contributed by atoms with Gasteiger partial charge in [0.2, 0.25) is 0 Å². The number of amides is 1. The number of likely N-dealkylation sites (tertiary alicyclic amines) is 1. The normalized spacial score (nSPS) is 18.3. The van der Waals surface area contributed by atoms with Crippen LogP contribution in [0.25, 0.3) is 0 Å². The Kier molecular flexibility index (Phi) is 4.71. The number of non-ortho nitro benzene ring substituents is 2. The fourth-order valence-electron chi connectivity index (χ4n) is 2.54. The highest BCUT2D eigenvalue weighted by Crippen LogP contribution is 2.34. The van der Waals surface area contributed by atoms with Crippen LogP contribution in [0.2, 0.25) is 0 Å². The lowest BCUT2D eigenvalue weighted by Gasteiger charge is -2.33. The van der Waals surface area contributed by atoms with Crippen molar-refractivity contribution in [1.29, 1.82) is 0 Å². The van der Waals surface area contributed by atoms with Crippen LogP contribution in [-0.4, -0.2) is 39.9 Å². The zero-order valence-corrected chi connectivity index (χ0v) is 12.2. The third-order valence-corrected chi connectivity index (χ3v) is 3.74. The summed E-state index contributed by atoms with van der Waals surface area (Å²) in [6.45, 7) is -0.513. The van der Waals surface area contributed by atoms with Gasteiger partial charge in [0.15, 0.2) is 0 Å². The average molecular weight is 347 g/mol. The SMILES string of the molecule is O=C(c1cc([N+](=O)[O-])cc([N+](=O)[O-])c1)N1CCC[C@@H](C(F)(F)F)C1. The maximum atomic E-state index is 12.8. The molecule has 0 radical (unpaired) electrons. The van der Waals surface area contributed by atoms with Gasteiger partial charge >= 0.3 is 6.18 Å². The molecule has 0 saturated carbocycles. The molecule has 1 fully saturated rings. The highest BCUT2D eigenvalue weighted by molar-refractivity contribution is 5.95. The second kappa shape index (κ2) is 6.42. The highest BCUT2D eigenvalue weighted by Gasteiger charge is 2.43. The van der Waals surface area contributed by atoms with Gasteiger partial charge in [0.25, 0.3) is 17.3 Å². The molecule has 1 aromatic carbocycles. The minimum Gasteiger partial charge on any atom is -0.338 e. The molecule has 1 aliphatic heterocycles. The molecule has 0 aromatic heterocycles. The monoisotopic (exact) mass is 347 g/mol. The third-order valence-electron chi connectivity index (χ3n) is 3.74. The molecule has 1 saturated heterocycles. The molecule has 24 heavy (non-hydrogen) atoms. The van der Waals surface area contributed by atoms with E-state index in [4.69, 9.17) is 0 Å². The predicted molar refractivity (Wildman–Crippen MR) is 74.4 cm³/mol. The van der Waals surface area contributed by atoms with E-state index in [9.17, 15) is 38.2 Å². The van der Waals surface area contributed by atoms with E-state index in [0.717, 1.165) is 17.0 Å². The van der Waals surface area contributed by atoms with Crippen LogP contribution in [0.3, 0.4) is 0 Å². The molecular formula is C13H12F3N3O5. The molecular weight excluding hydrogens is 335 g/mol. The summed E-state index contributed by atoms with van der Waals surface area (Å²) in [6.07, 6.45) is -4.43. The van der Waals surface area contributed by atoms with E-state index in [1.54, 1.807) is 0 Å². The summed E-state index contributed by atoms with van der Waals surface area (Å²) >= 11 is 0. The minimum atomic E-state index is -4.45. The Morgan fingerprint density at radius 2 is 1.67 bits per heavy atom. The van der Waals surface area contributed by atoms with Crippen molar-refractivity contribution in [3.05, 3.63) is 44.0 Å². The van der Waals surface area contributed by atoms with Crippen molar-refractivity contribution < 1.29 is 27.8 Å². The summed E-state index contributed by atoms with van der Waals surface area (Å²) in [5.41, 5.74) is -1.72. The summed E-state index contributed by atoms with van der Waals surface area (Å²) < 4.78 is 38.4. The van der Waals surface area contributed by atoms with Crippen LogP contribution in [0.1, 0.15) is 23.2 Å². The molecule has 0 aliphatic carbocycles. The van der Waals surface area contributed by atoms with E-state index in [0.29, 0.717) is 6.07 Å². The number of hydrogen-bond donors (Lipinski definition) is 0. The fourth-order valence-corrected chi connectivity index (χ4v) is 2.54. The van der Waals surface area contributed by atoms with Crippen LogP contribution in [-0.2, 0) is 0 Å². The number of halogens is 3. The Balaban J connectivity index is 2.31. The van der Waals surface area contributed by atoms with Gasteiger partial charge in [-0.3, -0.25) is 25.0 Å². The Hall–Kier alpha value is -2.72. The van der Waals surface area contributed by atoms with Crippen LogP contribution >= 0.6 is 0 Å². The molecule has 8 nitrogen and oxygen atoms in total. The Labute approximate surface area is 133 Å². The molecule has 1 amide bonds. The average Bonchev–Trinajstić information content (AvgIpc) is 2.53. The van der Waals surface area contributed by atoms with E-state index in [2.05, 4.69) is 0 Å². The number of nitrogens with zero attached hydrogens (tertiary/aromatic N) is 3. The summed E-state index contributed by atoms with van der Waals surface area (Å²) in [7, 11) is 0. The molecule has 0 N–H and O–H groups in total. The number of hydrogen-bond acceptors (Lipinski definition) is 5. The van der Waals surface area contributed by atoms with Crippen LogP contribution < -0.4 is 0 Å². The summed E-state index contributed by atoms with van der Waals surface area (Å²) in [5.74, 6) is -2.57. The zero-order valence-electron chi connectivity index (χ0n) is 12.2. The number of nitro groups is 2. The predicted octanol–water partition coefficient (Wildman–Crippen LogP) is 2.92. The van der Waals surface area contributed by atoms with E-state index >= 15 is 0 Å². The van der Waals surface area contributed by atoms with Gasteiger partial charge in [0.05, 0.1) is 27.4 Å². The molecule has 2 rings (SSSR count). The van der Waals surface area contributed by atoms with E-state index in [-0.39, 0.29) is 24.9 Å². The minimum absolute atomic E-state index is 0.0574. The molecule has 0 unspecified atom stereocenters. The number of alkyl halides is 3. The number of benzene rings is 1. The second-order valence-electron chi connectivity index (χ2n) is 5.38. The lowest BCUT2D eigenvalue weighted by Crippen LogP contribution is -2.44. The first-order valence-corrected chi connectivity index (χ1v) is 6.89. The first-order chi connectivity index (χ1) is 11.1. The first kappa shape index (κ1) is 17.6. The molecule has 0 bridgehead atoms. The standard InChI is InChI=1S/C13H12F3N3O5/c14-13(15,16)9-2-1-3-17(7-9)12(20)8-4-10(18(21)22)6-11(5-8)19(23)24/h4-6,9H,1-3,7H2/t9-/m1/s1. The van der Waals surface area contributed by atoms with E-state index in [1.807, 2.05) is 0 Å². The summed E-state index contributed by atoms with van der Waals surface area (Å²) in [5, 5.41) is 21.6. The Morgan fingerprint density at radius 1 is 1.12 bits per heavy atom. The lowest BCUT2D eigenvalue weighted by molar-refractivity contribution is -0.394. The van der Waals surface area contributed by atoms with E-state index in [1.165, 1.54) is 0 Å². The van der Waals surface area contributed by atoms with Crippen LogP contribution in [0.4, 0.5) is 24.5 Å². The van der Waals surface area contributed by atoms with Gasteiger partial charge < -0.3 is 4.90 Å². The molecule has 1 aliphatic rings. The molecule has 1 heterocycles. The molecule has 0 spiro atoms. The number of carbonyl (C=O) groups excluding carboxylic acids is 1. The Morgan fingerprint density at radius 3 is 2.12 bits per heavy atom. The highest BCUT2D eigenvalue weighted by atomic mass is 19.4. The molecule has 130 valence electrons. The molecule has 1 aromatic rings. The molecule has 11 heteroatoms.